The van der Waals surface area contributed by atoms with E-state index in [1.165, 1.54) is 30.0 Å². The monoisotopic (exact) mass is 366 g/mol. The number of nitrogens with zero attached hydrogens (tertiary/aromatic N) is 1. The summed E-state index contributed by atoms with van der Waals surface area (Å²) < 4.78 is 39.0. The molecule has 0 aromatic heterocycles. The maximum atomic E-state index is 14.0. The molecule has 1 N–H and O–H groups in total. The van der Waals surface area contributed by atoms with Crippen molar-refractivity contribution in [3.05, 3.63) is 65.5 Å². The van der Waals surface area contributed by atoms with Gasteiger partial charge in [0.15, 0.2) is 0 Å². The highest BCUT2D eigenvalue weighted by atomic mass is 32.2. The number of thioether (sulfide) groups is 1. The Balaban J connectivity index is 1.90. The van der Waals surface area contributed by atoms with Gasteiger partial charge in [0.25, 0.3) is 10.0 Å². The summed E-state index contributed by atoms with van der Waals surface area (Å²) in [6.45, 7) is 1.85. The zero-order valence-electron chi connectivity index (χ0n) is 12.8. The third kappa shape index (κ3) is 3.31. The van der Waals surface area contributed by atoms with Gasteiger partial charge in [0.05, 0.1) is 10.6 Å². The summed E-state index contributed by atoms with van der Waals surface area (Å²) in [6, 6.07) is 12.3. The van der Waals surface area contributed by atoms with Crippen molar-refractivity contribution in [2.24, 2.45) is 0 Å². The predicted molar refractivity (Wildman–Crippen MR) is 89.9 cm³/mol. The van der Waals surface area contributed by atoms with Crippen LogP contribution >= 0.6 is 11.8 Å². The van der Waals surface area contributed by atoms with Crippen LogP contribution in [-0.4, -0.2) is 25.1 Å². The molecule has 1 unspecified atom stereocenters. The zero-order chi connectivity index (χ0) is 17.3. The van der Waals surface area contributed by atoms with Crippen molar-refractivity contribution < 1.29 is 17.6 Å². The zero-order valence-corrected chi connectivity index (χ0v) is 14.4. The van der Waals surface area contributed by atoms with Gasteiger partial charge in [0, 0.05) is 5.56 Å². The van der Waals surface area contributed by atoms with Crippen LogP contribution in [0.3, 0.4) is 0 Å². The van der Waals surface area contributed by atoms with E-state index in [1.54, 1.807) is 30.3 Å². The van der Waals surface area contributed by atoms with Gasteiger partial charge >= 0.3 is 0 Å². The van der Waals surface area contributed by atoms with Crippen LogP contribution in [0.1, 0.15) is 16.5 Å². The summed E-state index contributed by atoms with van der Waals surface area (Å²) in [4.78, 5) is 14.4. The molecule has 1 atom stereocenters. The van der Waals surface area contributed by atoms with Crippen molar-refractivity contribution in [2.45, 2.75) is 17.2 Å². The molecule has 1 fully saturated rings. The van der Waals surface area contributed by atoms with Crippen LogP contribution in [0.5, 0.6) is 0 Å². The van der Waals surface area contributed by atoms with Crippen LogP contribution in [0, 0.1) is 12.7 Å². The van der Waals surface area contributed by atoms with E-state index in [2.05, 4.69) is 4.83 Å². The highest BCUT2D eigenvalue weighted by Crippen LogP contribution is 2.38. The molecule has 0 aliphatic carbocycles. The third-order valence-electron chi connectivity index (χ3n) is 3.59. The fourth-order valence-corrected chi connectivity index (χ4v) is 4.59. The normalized spacial score (nSPS) is 18.2. The molecule has 24 heavy (non-hydrogen) atoms. The fourth-order valence-electron chi connectivity index (χ4n) is 2.33. The molecular weight excluding hydrogens is 351 g/mol. The number of hydrogen-bond donors (Lipinski definition) is 1. The van der Waals surface area contributed by atoms with Crippen molar-refractivity contribution in [3.8, 4) is 0 Å². The summed E-state index contributed by atoms with van der Waals surface area (Å²) in [7, 11) is -3.93. The second-order valence-electron chi connectivity index (χ2n) is 5.36. The van der Waals surface area contributed by atoms with Gasteiger partial charge in [-0.05, 0) is 25.1 Å². The summed E-state index contributed by atoms with van der Waals surface area (Å²) in [5.74, 6) is -0.816. The molecule has 2 aromatic rings. The molecular formula is C16H15FN2O3S2. The molecule has 5 nitrogen and oxygen atoms in total. The Bertz CT molecular complexity index is 869. The Morgan fingerprint density at radius 3 is 2.50 bits per heavy atom. The number of sulfonamides is 1. The number of carbonyl (C=O) groups is 1. The number of halogens is 1. The number of carbonyl (C=O) groups excluding carboxylic acids is 1. The molecule has 0 bridgehead atoms. The van der Waals surface area contributed by atoms with Crippen molar-refractivity contribution >= 4 is 27.7 Å². The van der Waals surface area contributed by atoms with Gasteiger partial charge in [-0.15, -0.1) is 16.6 Å². The van der Waals surface area contributed by atoms with Crippen LogP contribution in [0.15, 0.2) is 53.4 Å². The SMILES string of the molecule is Cc1ccc(S(=O)(=O)NN2C(=O)CSC2c2ccccc2F)cc1. The smallest absolute Gasteiger partial charge is 0.257 e. The van der Waals surface area contributed by atoms with Crippen molar-refractivity contribution in [3.63, 3.8) is 0 Å². The highest BCUT2D eigenvalue weighted by Gasteiger charge is 2.37. The highest BCUT2D eigenvalue weighted by molar-refractivity contribution is 8.00. The van der Waals surface area contributed by atoms with Gasteiger partial charge in [0.1, 0.15) is 11.2 Å². The van der Waals surface area contributed by atoms with Crippen LogP contribution < -0.4 is 4.83 Å². The average Bonchev–Trinajstić information content (AvgIpc) is 2.89. The molecule has 1 aliphatic heterocycles. The Morgan fingerprint density at radius 2 is 1.83 bits per heavy atom. The van der Waals surface area contributed by atoms with Crippen molar-refractivity contribution in [1.29, 1.82) is 0 Å². The lowest BCUT2D eigenvalue weighted by Crippen LogP contribution is -2.44. The van der Waals surface area contributed by atoms with Gasteiger partial charge in [-0.25, -0.2) is 17.8 Å². The molecule has 2 aromatic carbocycles. The summed E-state index contributed by atoms with van der Waals surface area (Å²) in [5, 5.41) is 0.247. The van der Waals surface area contributed by atoms with E-state index in [-0.39, 0.29) is 16.2 Å². The molecule has 0 spiro atoms. The molecule has 1 heterocycles. The van der Waals surface area contributed by atoms with E-state index in [0.29, 0.717) is 0 Å². The minimum atomic E-state index is -3.93. The van der Waals surface area contributed by atoms with Crippen LogP contribution in [0.25, 0.3) is 0 Å². The number of hydrogen-bond acceptors (Lipinski definition) is 4. The first-order valence-corrected chi connectivity index (χ1v) is 9.69. The second kappa shape index (κ2) is 6.54. The van der Waals surface area contributed by atoms with Crippen LogP contribution in [0.2, 0.25) is 0 Å². The standard InChI is InChI=1S/C16H15FN2O3S2/c1-11-6-8-12(9-7-11)24(21,22)18-19-15(20)10-23-16(19)13-4-2-3-5-14(13)17/h2-9,16,18H,10H2,1H3. The molecule has 1 aliphatic rings. The molecule has 126 valence electrons. The first kappa shape index (κ1) is 16.9. The Morgan fingerprint density at radius 1 is 1.17 bits per heavy atom. The number of aryl methyl sites for hydroxylation is 1. The Hall–Kier alpha value is -1.90. The van der Waals surface area contributed by atoms with Gasteiger partial charge in [-0.3, -0.25) is 4.79 Å². The van der Waals surface area contributed by atoms with Gasteiger partial charge in [-0.2, -0.15) is 0 Å². The molecule has 3 rings (SSSR count). The van der Waals surface area contributed by atoms with E-state index in [1.807, 2.05) is 6.92 Å². The van der Waals surface area contributed by atoms with Gasteiger partial charge in [0.2, 0.25) is 5.91 Å². The largest absolute Gasteiger partial charge is 0.272 e. The number of hydrazine groups is 1. The maximum Gasteiger partial charge on any atom is 0.257 e. The molecule has 1 saturated heterocycles. The van der Waals surface area contributed by atoms with E-state index in [0.717, 1.165) is 10.6 Å². The number of rotatable bonds is 4. The van der Waals surface area contributed by atoms with Gasteiger partial charge in [-0.1, -0.05) is 35.9 Å². The quantitative estimate of drug-likeness (QED) is 0.903. The average molecular weight is 366 g/mol. The Kier molecular flexibility index (Phi) is 4.62. The summed E-state index contributed by atoms with van der Waals surface area (Å²) in [6.07, 6.45) is 0. The summed E-state index contributed by atoms with van der Waals surface area (Å²) in [5.41, 5.74) is 1.19. The Labute approximate surface area is 143 Å². The summed E-state index contributed by atoms with van der Waals surface area (Å²) >= 11 is 1.17. The maximum absolute atomic E-state index is 14.0. The van der Waals surface area contributed by atoms with E-state index < -0.39 is 27.1 Å². The predicted octanol–water partition coefficient (Wildman–Crippen LogP) is 2.60. The fraction of sp³-hybridized carbons (Fsp3) is 0.188. The van der Waals surface area contributed by atoms with Crippen molar-refractivity contribution in [2.75, 3.05) is 5.75 Å². The minimum absolute atomic E-state index is 0.0464. The van der Waals surface area contributed by atoms with E-state index >= 15 is 0 Å². The van der Waals surface area contributed by atoms with E-state index in [4.69, 9.17) is 0 Å². The van der Waals surface area contributed by atoms with Crippen molar-refractivity contribution in [1.82, 2.24) is 9.84 Å². The van der Waals surface area contributed by atoms with Gasteiger partial charge < -0.3 is 0 Å². The molecule has 1 amide bonds. The lowest BCUT2D eigenvalue weighted by molar-refractivity contribution is -0.129. The number of amides is 1. The van der Waals surface area contributed by atoms with Crippen LogP contribution in [0.4, 0.5) is 4.39 Å². The number of nitrogens with one attached hydrogen (secondary N) is 1. The van der Waals surface area contributed by atoms with Crippen LogP contribution in [-0.2, 0) is 14.8 Å². The molecule has 0 radical (unpaired) electrons. The second-order valence-corrected chi connectivity index (χ2v) is 8.09. The first-order chi connectivity index (χ1) is 11.4. The lowest BCUT2D eigenvalue weighted by atomic mass is 10.2. The topological polar surface area (TPSA) is 66.5 Å². The number of benzene rings is 2. The van der Waals surface area contributed by atoms with E-state index in [9.17, 15) is 17.6 Å². The minimum Gasteiger partial charge on any atom is -0.272 e. The lowest BCUT2D eigenvalue weighted by Gasteiger charge is -2.24. The molecule has 8 heteroatoms. The molecule has 0 saturated carbocycles. The first-order valence-electron chi connectivity index (χ1n) is 7.16. The third-order valence-corrected chi connectivity index (χ3v) is 6.11.